The van der Waals surface area contributed by atoms with E-state index in [4.69, 9.17) is 25.1 Å². The van der Waals surface area contributed by atoms with Gasteiger partial charge in [0.1, 0.15) is 5.75 Å². The molecule has 1 aliphatic rings. The number of nitrogens with zero attached hydrogens (tertiary/aromatic N) is 5. The number of benzene rings is 4. The van der Waals surface area contributed by atoms with Gasteiger partial charge < -0.3 is 19.5 Å². The van der Waals surface area contributed by atoms with Gasteiger partial charge in [-0.05, 0) is 70.2 Å². The summed E-state index contributed by atoms with van der Waals surface area (Å²) in [5.74, 6) is 0.551. The standard InChI is InChI=1S/C36H38BrN7O4/c1-44(2)29-16-12-25(13-17-29)23-39-42-35(46)36(22-27-8-4-6-11-32(27)37)33(31-10-5-3-9-28(31)24-40-43-38)48-34(41-36)26-14-18-30(19-15-26)47-21-7-20-45/h3-6,8-19,33,39,45H,7,20-24H2,1-2H3,(H,42,46)/t33-,36-/m0/s1. The first-order valence-corrected chi connectivity index (χ1v) is 16.4. The van der Waals surface area contributed by atoms with Crippen LogP contribution in [0.1, 0.15) is 40.3 Å². The smallest absolute Gasteiger partial charge is 0.266 e. The van der Waals surface area contributed by atoms with Gasteiger partial charge in [-0.15, -0.1) is 0 Å². The number of rotatable bonds is 15. The molecule has 48 heavy (non-hydrogen) atoms. The monoisotopic (exact) mass is 711 g/mol. The molecule has 11 nitrogen and oxygen atoms in total. The Morgan fingerprint density at radius 3 is 2.44 bits per heavy atom. The number of halogens is 1. The summed E-state index contributed by atoms with van der Waals surface area (Å²) >= 11 is 3.67. The Bertz CT molecular complexity index is 1780. The quantitative estimate of drug-likeness (QED) is 0.0428. The largest absolute Gasteiger partial charge is 0.494 e. The number of hydrogen-bond donors (Lipinski definition) is 3. The first-order chi connectivity index (χ1) is 23.3. The first kappa shape index (κ1) is 34.5. The number of azide groups is 1. The Kier molecular flexibility index (Phi) is 11.7. The average Bonchev–Trinajstić information content (AvgIpc) is 3.49. The van der Waals surface area contributed by atoms with E-state index in [1.807, 2.05) is 104 Å². The summed E-state index contributed by atoms with van der Waals surface area (Å²) in [6, 6.07) is 30.5. The van der Waals surface area contributed by atoms with Crippen molar-refractivity contribution in [2.24, 2.45) is 10.1 Å². The van der Waals surface area contributed by atoms with Crippen molar-refractivity contribution < 1.29 is 19.4 Å². The molecule has 0 fully saturated rings. The molecule has 1 amide bonds. The van der Waals surface area contributed by atoms with Gasteiger partial charge in [0.25, 0.3) is 5.91 Å². The van der Waals surface area contributed by atoms with Gasteiger partial charge in [0.15, 0.2) is 11.6 Å². The van der Waals surface area contributed by atoms with Crippen molar-refractivity contribution in [3.05, 3.63) is 140 Å². The van der Waals surface area contributed by atoms with E-state index in [-0.39, 0.29) is 25.5 Å². The summed E-state index contributed by atoms with van der Waals surface area (Å²) in [4.78, 5) is 24.7. The lowest BCUT2D eigenvalue weighted by molar-refractivity contribution is -0.130. The minimum Gasteiger partial charge on any atom is -0.494 e. The van der Waals surface area contributed by atoms with Crippen molar-refractivity contribution in [2.45, 2.75) is 37.6 Å². The van der Waals surface area contributed by atoms with Crippen LogP contribution >= 0.6 is 15.9 Å². The molecule has 1 aliphatic heterocycles. The highest BCUT2D eigenvalue weighted by Gasteiger charge is 2.54. The number of anilines is 1. The van der Waals surface area contributed by atoms with E-state index in [1.54, 1.807) is 12.1 Å². The molecule has 0 radical (unpaired) electrons. The van der Waals surface area contributed by atoms with Gasteiger partial charge in [0, 0.05) is 60.7 Å². The Balaban J connectivity index is 1.54. The first-order valence-electron chi connectivity index (χ1n) is 15.6. The highest BCUT2D eigenvalue weighted by Crippen LogP contribution is 2.44. The van der Waals surface area contributed by atoms with E-state index in [0.29, 0.717) is 42.3 Å². The minimum absolute atomic E-state index is 0.0462. The van der Waals surface area contributed by atoms with Gasteiger partial charge in [-0.3, -0.25) is 10.2 Å². The van der Waals surface area contributed by atoms with Crippen molar-refractivity contribution in [2.75, 3.05) is 32.2 Å². The van der Waals surface area contributed by atoms with Crippen LogP contribution in [0.4, 0.5) is 5.69 Å². The van der Waals surface area contributed by atoms with Crippen molar-refractivity contribution in [3.63, 3.8) is 0 Å². The summed E-state index contributed by atoms with van der Waals surface area (Å²) in [5.41, 5.74) is 18.7. The maximum absolute atomic E-state index is 14.6. The molecular weight excluding hydrogens is 674 g/mol. The van der Waals surface area contributed by atoms with Crippen LogP contribution < -0.4 is 20.5 Å². The number of aliphatic hydroxyl groups is 1. The molecule has 0 unspecified atom stereocenters. The minimum atomic E-state index is -1.47. The molecule has 0 spiro atoms. The van der Waals surface area contributed by atoms with Gasteiger partial charge >= 0.3 is 0 Å². The Morgan fingerprint density at radius 1 is 1.04 bits per heavy atom. The summed E-state index contributed by atoms with van der Waals surface area (Å²) in [7, 11) is 3.97. The van der Waals surface area contributed by atoms with Crippen molar-refractivity contribution in [1.29, 1.82) is 0 Å². The Morgan fingerprint density at radius 2 is 1.75 bits per heavy atom. The fourth-order valence-corrected chi connectivity index (χ4v) is 5.90. The van der Waals surface area contributed by atoms with Gasteiger partial charge in [0.2, 0.25) is 5.90 Å². The predicted molar refractivity (Wildman–Crippen MR) is 190 cm³/mol. The topological polar surface area (TPSA) is 144 Å². The summed E-state index contributed by atoms with van der Waals surface area (Å²) < 4.78 is 13.2. The van der Waals surface area contributed by atoms with Crippen LogP contribution in [-0.2, 0) is 29.0 Å². The SMILES string of the molecule is CN(C)c1ccc(CNNC(=O)[C@@]2(Cc3ccccc3Br)N=C(c3ccc(OCCCO)cc3)O[C@H]2c2ccccc2CN=[N+]=[N-])cc1. The number of hydrazine groups is 1. The van der Waals surface area contributed by atoms with E-state index in [1.165, 1.54) is 0 Å². The Labute approximate surface area is 288 Å². The highest BCUT2D eigenvalue weighted by atomic mass is 79.9. The van der Waals surface area contributed by atoms with Crippen molar-refractivity contribution in [1.82, 2.24) is 10.9 Å². The third kappa shape index (κ3) is 8.15. The van der Waals surface area contributed by atoms with Crippen molar-refractivity contribution >= 4 is 33.4 Å². The van der Waals surface area contributed by atoms with Crippen LogP contribution in [0.5, 0.6) is 5.75 Å². The van der Waals surface area contributed by atoms with Gasteiger partial charge in [-0.2, -0.15) is 0 Å². The zero-order valence-electron chi connectivity index (χ0n) is 26.8. The highest BCUT2D eigenvalue weighted by molar-refractivity contribution is 9.10. The molecule has 2 atom stereocenters. The fourth-order valence-electron chi connectivity index (χ4n) is 5.48. The molecule has 0 aliphatic carbocycles. The molecule has 12 heteroatoms. The summed E-state index contributed by atoms with van der Waals surface area (Å²) in [6.07, 6.45) is -0.144. The molecule has 248 valence electrons. The van der Waals surface area contributed by atoms with E-state index in [9.17, 15) is 4.79 Å². The molecule has 5 rings (SSSR count). The van der Waals surface area contributed by atoms with Crippen LogP contribution in [0, 0.1) is 0 Å². The molecule has 0 saturated heterocycles. The van der Waals surface area contributed by atoms with Crippen LogP contribution in [0.25, 0.3) is 10.4 Å². The number of hydrogen-bond acceptors (Lipinski definition) is 8. The van der Waals surface area contributed by atoms with E-state index in [2.05, 4.69) is 36.8 Å². The van der Waals surface area contributed by atoms with E-state index in [0.717, 1.165) is 26.9 Å². The average molecular weight is 713 g/mol. The number of amides is 1. The van der Waals surface area contributed by atoms with Gasteiger partial charge in [-0.1, -0.05) is 75.6 Å². The van der Waals surface area contributed by atoms with Crippen molar-refractivity contribution in [3.8, 4) is 5.75 Å². The van der Waals surface area contributed by atoms with E-state index < -0.39 is 11.6 Å². The zero-order chi connectivity index (χ0) is 33.9. The lowest BCUT2D eigenvalue weighted by atomic mass is 9.80. The number of aliphatic imine (C=N–C) groups is 1. The second-order valence-corrected chi connectivity index (χ2v) is 12.4. The number of aliphatic hydroxyl groups excluding tert-OH is 1. The van der Waals surface area contributed by atoms with E-state index >= 15 is 0 Å². The molecule has 0 aromatic heterocycles. The van der Waals surface area contributed by atoms with Crippen LogP contribution in [0.15, 0.2) is 112 Å². The van der Waals surface area contributed by atoms with Gasteiger partial charge in [-0.25, -0.2) is 10.4 Å². The number of carbonyl (C=O) groups is 1. The summed E-state index contributed by atoms with van der Waals surface area (Å²) in [6.45, 7) is 0.900. The van der Waals surface area contributed by atoms with Crippen LogP contribution in [0.2, 0.25) is 0 Å². The molecule has 3 N–H and O–H groups in total. The molecule has 0 bridgehead atoms. The fraction of sp³-hybridized carbons (Fsp3) is 0.278. The molecule has 4 aromatic carbocycles. The second-order valence-electron chi connectivity index (χ2n) is 11.5. The van der Waals surface area contributed by atoms with Crippen LogP contribution in [0.3, 0.4) is 0 Å². The molecule has 0 saturated carbocycles. The maximum atomic E-state index is 14.6. The Hall–Kier alpha value is -4.87. The molecular formula is C36H38BrN7O4. The molecule has 1 heterocycles. The zero-order valence-corrected chi connectivity index (χ0v) is 28.4. The molecule has 4 aromatic rings. The maximum Gasteiger partial charge on any atom is 0.266 e. The lowest BCUT2D eigenvalue weighted by Crippen LogP contribution is -2.53. The number of nitrogens with one attached hydrogen (secondary N) is 2. The van der Waals surface area contributed by atoms with Gasteiger partial charge in [0.05, 0.1) is 13.2 Å². The number of ether oxygens (including phenoxy) is 2. The predicted octanol–water partition coefficient (Wildman–Crippen LogP) is 6.41. The number of carbonyl (C=O) groups excluding carboxylic acids is 1. The normalized spacial score (nSPS) is 16.8. The third-order valence-corrected chi connectivity index (χ3v) is 8.81. The lowest BCUT2D eigenvalue weighted by Gasteiger charge is -2.32. The second kappa shape index (κ2) is 16.3. The van der Waals surface area contributed by atoms with Crippen LogP contribution in [-0.4, -0.2) is 49.8 Å². The summed E-state index contributed by atoms with van der Waals surface area (Å²) in [5, 5.41) is 12.9. The third-order valence-electron chi connectivity index (χ3n) is 8.04.